The third-order valence-electron chi connectivity index (χ3n) is 6.79. The zero-order valence-electron chi connectivity index (χ0n) is 16.5. The summed E-state index contributed by atoms with van der Waals surface area (Å²) >= 11 is 0. The third-order valence-corrected chi connectivity index (χ3v) is 6.79. The number of nitrogens with one attached hydrogen (secondary N) is 1. The molecule has 1 aromatic carbocycles. The van der Waals surface area contributed by atoms with Crippen molar-refractivity contribution in [3.05, 3.63) is 34.9 Å². The van der Waals surface area contributed by atoms with Crippen molar-refractivity contribution in [3.63, 3.8) is 0 Å². The smallest absolute Gasteiger partial charge is 0.407 e. The lowest BCUT2D eigenvalue weighted by Crippen LogP contribution is -2.53. The molecule has 3 aliphatic carbocycles. The second-order valence-electron chi connectivity index (χ2n) is 8.66. The fourth-order valence-corrected chi connectivity index (χ4v) is 4.61. The maximum atomic E-state index is 12.7. The van der Waals surface area contributed by atoms with Gasteiger partial charge in [0.25, 0.3) is 0 Å². The van der Waals surface area contributed by atoms with Crippen LogP contribution in [0.2, 0.25) is 0 Å². The fraction of sp³-hybridized carbons (Fsp3) is 0.636. The average molecular weight is 370 g/mol. The van der Waals surface area contributed by atoms with Crippen molar-refractivity contribution in [3.8, 4) is 0 Å². The van der Waals surface area contributed by atoms with E-state index in [1.807, 2.05) is 11.9 Å². The Labute approximate surface area is 161 Å². The molecule has 5 nitrogen and oxygen atoms in total. The van der Waals surface area contributed by atoms with Crippen molar-refractivity contribution in [2.75, 3.05) is 14.2 Å². The molecular weight excluding hydrogens is 340 g/mol. The predicted molar refractivity (Wildman–Crippen MR) is 104 cm³/mol. The van der Waals surface area contributed by atoms with E-state index in [4.69, 9.17) is 0 Å². The van der Waals surface area contributed by atoms with E-state index in [2.05, 4.69) is 35.2 Å². The van der Waals surface area contributed by atoms with Crippen LogP contribution in [0.5, 0.6) is 0 Å². The largest absolute Gasteiger partial charge is 0.453 e. The van der Waals surface area contributed by atoms with E-state index in [-0.39, 0.29) is 17.9 Å². The lowest BCUT2D eigenvalue weighted by atomic mass is 9.73. The maximum Gasteiger partial charge on any atom is 0.407 e. The summed E-state index contributed by atoms with van der Waals surface area (Å²) in [6, 6.07) is 7.41. The number of rotatable bonds is 5. The lowest BCUT2D eigenvalue weighted by molar-refractivity contribution is -0.141. The van der Waals surface area contributed by atoms with Crippen molar-refractivity contribution < 1.29 is 14.3 Å². The van der Waals surface area contributed by atoms with Gasteiger partial charge in [-0.2, -0.15) is 0 Å². The Hall–Kier alpha value is -2.04. The molecule has 3 saturated carbocycles. The van der Waals surface area contributed by atoms with Crippen molar-refractivity contribution in [2.24, 2.45) is 5.92 Å². The molecule has 3 aliphatic rings. The monoisotopic (exact) mass is 370 g/mol. The van der Waals surface area contributed by atoms with E-state index >= 15 is 0 Å². The van der Waals surface area contributed by atoms with Gasteiger partial charge in [0.05, 0.1) is 7.11 Å². The van der Waals surface area contributed by atoms with Gasteiger partial charge in [-0.3, -0.25) is 4.79 Å². The number of nitrogens with zero attached hydrogens (tertiary/aromatic N) is 1. The molecule has 5 heteroatoms. The van der Waals surface area contributed by atoms with Crippen LogP contribution in [-0.2, 0) is 9.53 Å². The highest BCUT2D eigenvalue weighted by atomic mass is 16.5. The summed E-state index contributed by atoms with van der Waals surface area (Å²) in [5.74, 6) is 1.64. The normalized spacial score (nSPS) is 29.3. The molecule has 4 rings (SSSR count). The number of ether oxygens (including phenoxy) is 1. The van der Waals surface area contributed by atoms with Gasteiger partial charge in [0, 0.05) is 25.0 Å². The summed E-state index contributed by atoms with van der Waals surface area (Å²) in [5.41, 5.74) is 4.39. The van der Waals surface area contributed by atoms with Gasteiger partial charge in [0.1, 0.15) is 0 Å². The summed E-state index contributed by atoms with van der Waals surface area (Å²) in [5, 5.41) is 2.77. The minimum atomic E-state index is -0.413. The molecule has 0 saturated heterocycles. The summed E-state index contributed by atoms with van der Waals surface area (Å²) < 4.78 is 4.61. The van der Waals surface area contributed by atoms with E-state index in [9.17, 15) is 9.59 Å². The maximum absolute atomic E-state index is 12.7. The molecule has 146 valence electrons. The first kappa shape index (κ1) is 18.3. The number of carbonyl (C=O) groups is 2. The number of carbonyl (C=O) groups excluding carboxylic acids is 2. The molecule has 0 unspecified atom stereocenters. The van der Waals surface area contributed by atoms with Crippen LogP contribution < -0.4 is 5.32 Å². The first-order valence-electron chi connectivity index (χ1n) is 10.2. The Balaban J connectivity index is 1.25. The summed E-state index contributed by atoms with van der Waals surface area (Å²) in [6.07, 6.45) is 5.82. The second kappa shape index (κ2) is 7.17. The van der Waals surface area contributed by atoms with Crippen LogP contribution >= 0.6 is 0 Å². The van der Waals surface area contributed by atoms with Crippen LogP contribution in [0.25, 0.3) is 0 Å². The van der Waals surface area contributed by atoms with Crippen molar-refractivity contribution in [1.29, 1.82) is 0 Å². The number of alkyl carbamates (subject to hydrolysis) is 1. The topological polar surface area (TPSA) is 58.6 Å². The van der Waals surface area contributed by atoms with Crippen LogP contribution in [0.15, 0.2) is 18.2 Å². The van der Waals surface area contributed by atoms with Gasteiger partial charge in [-0.25, -0.2) is 4.79 Å². The van der Waals surface area contributed by atoms with Gasteiger partial charge in [-0.15, -0.1) is 0 Å². The fourth-order valence-electron chi connectivity index (χ4n) is 4.61. The molecular formula is C22H30N2O3. The number of amides is 2. The van der Waals surface area contributed by atoms with E-state index < -0.39 is 6.09 Å². The van der Waals surface area contributed by atoms with Crippen molar-refractivity contribution >= 4 is 12.0 Å². The number of aryl methyl sites for hydroxylation is 1. The van der Waals surface area contributed by atoms with E-state index in [0.29, 0.717) is 12.0 Å². The van der Waals surface area contributed by atoms with Crippen molar-refractivity contribution in [1.82, 2.24) is 10.2 Å². The first-order chi connectivity index (χ1) is 13.0. The Bertz CT molecular complexity index is 731. The molecule has 0 aliphatic heterocycles. The Kier molecular flexibility index (Phi) is 4.87. The minimum absolute atomic E-state index is 0.0382. The van der Waals surface area contributed by atoms with Crippen LogP contribution in [-0.4, -0.2) is 43.1 Å². The van der Waals surface area contributed by atoms with E-state index in [0.717, 1.165) is 31.6 Å². The average Bonchev–Trinajstić information content (AvgIpc) is 3.40. The van der Waals surface area contributed by atoms with E-state index in [1.54, 1.807) is 0 Å². The number of hydrogen-bond donors (Lipinski definition) is 1. The van der Waals surface area contributed by atoms with Crippen LogP contribution in [0.1, 0.15) is 67.1 Å². The van der Waals surface area contributed by atoms with Crippen molar-refractivity contribution in [2.45, 2.75) is 69.4 Å². The molecule has 1 N–H and O–H groups in total. The Morgan fingerprint density at radius 1 is 1.11 bits per heavy atom. The quantitative estimate of drug-likeness (QED) is 0.859. The van der Waals surface area contributed by atoms with E-state index in [1.165, 1.54) is 36.6 Å². The van der Waals surface area contributed by atoms with Gasteiger partial charge in [-0.05, 0) is 74.0 Å². The van der Waals surface area contributed by atoms with Gasteiger partial charge < -0.3 is 15.0 Å². The zero-order valence-corrected chi connectivity index (χ0v) is 16.5. The van der Waals surface area contributed by atoms with Crippen LogP contribution in [0.4, 0.5) is 4.79 Å². The number of hydrogen-bond acceptors (Lipinski definition) is 3. The standard InChI is InChI=1S/C22H30N2O3/c1-13-8-15(6-7-20(13)14-4-5-14)16-11-19(12-16)24(2)21(25)17-9-18(10-17)23-22(26)27-3/h6-8,14,16-19H,4-5,9-12H2,1-3H3,(H,23,26). The first-order valence-corrected chi connectivity index (χ1v) is 10.2. The molecule has 0 spiro atoms. The van der Waals surface area contributed by atoms with Gasteiger partial charge in [-0.1, -0.05) is 18.2 Å². The Morgan fingerprint density at radius 3 is 2.41 bits per heavy atom. The molecule has 1 aromatic rings. The van der Waals surface area contributed by atoms with Crippen LogP contribution in [0.3, 0.4) is 0 Å². The molecule has 2 amide bonds. The summed E-state index contributed by atoms with van der Waals surface area (Å²) in [6.45, 7) is 2.23. The Morgan fingerprint density at radius 2 is 1.81 bits per heavy atom. The highest BCUT2D eigenvalue weighted by molar-refractivity contribution is 5.80. The molecule has 0 bridgehead atoms. The summed E-state index contributed by atoms with van der Waals surface area (Å²) in [7, 11) is 3.30. The molecule has 0 atom stereocenters. The SMILES string of the molecule is COC(=O)NC1CC(C(=O)N(C)C2CC(c3ccc(C4CC4)c(C)c3)C2)C1. The predicted octanol–water partition coefficient (Wildman–Crippen LogP) is 3.71. The molecule has 0 aromatic heterocycles. The molecule has 27 heavy (non-hydrogen) atoms. The number of methoxy groups -OCH3 is 1. The van der Waals surface area contributed by atoms with Gasteiger partial charge >= 0.3 is 6.09 Å². The van der Waals surface area contributed by atoms with Crippen LogP contribution in [0, 0.1) is 12.8 Å². The lowest BCUT2D eigenvalue weighted by Gasteiger charge is -2.45. The highest BCUT2D eigenvalue weighted by Gasteiger charge is 2.41. The summed E-state index contributed by atoms with van der Waals surface area (Å²) in [4.78, 5) is 25.8. The molecule has 3 fully saturated rings. The zero-order chi connectivity index (χ0) is 19.1. The number of benzene rings is 1. The second-order valence-corrected chi connectivity index (χ2v) is 8.66. The third kappa shape index (κ3) is 3.69. The molecule has 0 heterocycles. The minimum Gasteiger partial charge on any atom is -0.453 e. The molecule has 0 radical (unpaired) electrons. The van der Waals surface area contributed by atoms with Gasteiger partial charge in [0.15, 0.2) is 0 Å². The highest BCUT2D eigenvalue weighted by Crippen LogP contribution is 2.45. The van der Waals surface area contributed by atoms with Gasteiger partial charge in [0.2, 0.25) is 5.91 Å².